The van der Waals surface area contributed by atoms with Gasteiger partial charge in [-0.3, -0.25) is 4.79 Å². The molecular weight excluding hydrogens is 238 g/mol. The van der Waals surface area contributed by atoms with E-state index in [0.29, 0.717) is 5.76 Å². The van der Waals surface area contributed by atoms with E-state index in [0.717, 1.165) is 37.9 Å². The molecular formula is C13H18ClNO2. The lowest BCUT2D eigenvalue weighted by Crippen LogP contribution is -2.42. The van der Waals surface area contributed by atoms with Gasteiger partial charge in [-0.2, -0.15) is 0 Å². The summed E-state index contributed by atoms with van der Waals surface area (Å²) in [5, 5.41) is 3.01. The Balaban J connectivity index is 1.96. The first kappa shape index (κ1) is 12.5. The molecule has 1 saturated carbocycles. The van der Waals surface area contributed by atoms with Crippen molar-refractivity contribution >= 4 is 17.5 Å². The molecule has 1 aromatic heterocycles. The van der Waals surface area contributed by atoms with Crippen LogP contribution in [0.15, 0.2) is 16.5 Å². The number of rotatable bonds is 3. The standard InChI is InChI=1S/C13H18ClNO2/c1-2-9-7-8-12(17-9)13(16)15-11-6-4-3-5-10(11)14/h7-8,10-11H,2-6H2,1H3,(H,15,16). The molecule has 4 heteroatoms. The predicted octanol–water partition coefficient (Wildman–Crippen LogP) is 3.12. The summed E-state index contributed by atoms with van der Waals surface area (Å²) < 4.78 is 5.42. The third-order valence-electron chi connectivity index (χ3n) is 3.23. The molecule has 0 radical (unpaired) electrons. The van der Waals surface area contributed by atoms with Crippen LogP contribution in [0.2, 0.25) is 0 Å². The molecule has 1 amide bonds. The van der Waals surface area contributed by atoms with E-state index < -0.39 is 0 Å². The molecule has 1 N–H and O–H groups in total. The number of hydrogen-bond donors (Lipinski definition) is 1. The molecule has 2 unspecified atom stereocenters. The van der Waals surface area contributed by atoms with E-state index in [1.165, 1.54) is 0 Å². The van der Waals surface area contributed by atoms with Crippen molar-refractivity contribution in [2.45, 2.75) is 50.4 Å². The molecule has 0 saturated heterocycles. The molecule has 2 atom stereocenters. The highest BCUT2D eigenvalue weighted by Crippen LogP contribution is 2.23. The zero-order valence-electron chi connectivity index (χ0n) is 10.0. The second-order valence-electron chi connectivity index (χ2n) is 4.50. The van der Waals surface area contributed by atoms with Crippen LogP contribution in [0.3, 0.4) is 0 Å². The fourth-order valence-corrected chi connectivity index (χ4v) is 2.52. The number of carbonyl (C=O) groups excluding carboxylic acids is 1. The SMILES string of the molecule is CCc1ccc(C(=O)NC2CCCCC2Cl)o1. The largest absolute Gasteiger partial charge is 0.456 e. The summed E-state index contributed by atoms with van der Waals surface area (Å²) in [5.74, 6) is 1.07. The number of hydrogen-bond acceptors (Lipinski definition) is 2. The first-order valence-corrected chi connectivity index (χ1v) is 6.68. The second kappa shape index (κ2) is 5.58. The first-order valence-electron chi connectivity index (χ1n) is 6.24. The average molecular weight is 256 g/mol. The van der Waals surface area contributed by atoms with Crippen LogP contribution in [0.5, 0.6) is 0 Å². The normalized spacial score (nSPS) is 24.6. The lowest BCUT2D eigenvalue weighted by Gasteiger charge is -2.27. The van der Waals surface area contributed by atoms with Gasteiger partial charge in [-0.05, 0) is 25.0 Å². The molecule has 0 bridgehead atoms. The average Bonchev–Trinajstić information content (AvgIpc) is 2.81. The van der Waals surface area contributed by atoms with E-state index in [9.17, 15) is 4.79 Å². The summed E-state index contributed by atoms with van der Waals surface area (Å²) in [6, 6.07) is 3.64. The minimum absolute atomic E-state index is 0.0494. The zero-order chi connectivity index (χ0) is 12.3. The van der Waals surface area contributed by atoms with Crippen LogP contribution >= 0.6 is 11.6 Å². The van der Waals surface area contributed by atoms with Crippen LogP contribution < -0.4 is 5.32 Å². The maximum absolute atomic E-state index is 11.9. The molecule has 3 nitrogen and oxygen atoms in total. The minimum atomic E-state index is -0.151. The molecule has 0 spiro atoms. The van der Waals surface area contributed by atoms with Crippen LogP contribution in [0.25, 0.3) is 0 Å². The van der Waals surface area contributed by atoms with E-state index in [2.05, 4.69) is 5.32 Å². The summed E-state index contributed by atoms with van der Waals surface area (Å²) in [6.45, 7) is 2.00. The van der Waals surface area contributed by atoms with Crippen LogP contribution in [0, 0.1) is 0 Å². The van der Waals surface area contributed by atoms with Crippen LogP contribution in [-0.4, -0.2) is 17.3 Å². The van der Waals surface area contributed by atoms with E-state index >= 15 is 0 Å². The minimum Gasteiger partial charge on any atom is -0.456 e. The van der Waals surface area contributed by atoms with Gasteiger partial charge in [0.25, 0.3) is 5.91 Å². The van der Waals surface area contributed by atoms with Gasteiger partial charge in [0.1, 0.15) is 5.76 Å². The molecule has 17 heavy (non-hydrogen) atoms. The number of aryl methyl sites for hydroxylation is 1. The van der Waals surface area contributed by atoms with Crippen molar-refractivity contribution < 1.29 is 9.21 Å². The fourth-order valence-electron chi connectivity index (χ4n) is 2.18. The van der Waals surface area contributed by atoms with Gasteiger partial charge in [0.2, 0.25) is 0 Å². The fraction of sp³-hybridized carbons (Fsp3) is 0.615. The van der Waals surface area contributed by atoms with Crippen LogP contribution in [0.4, 0.5) is 0 Å². The van der Waals surface area contributed by atoms with Gasteiger partial charge in [0, 0.05) is 12.5 Å². The van der Waals surface area contributed by atoms with Crippen LogP contribution in [-0.2, 0) is 6.42 Å². The number of amides is 1. The third-order valence-corrected chi connectivity index (χ3v) is 3.75. The highest BCUT2D eigenvalue weighted by molar-refractivity contribution is 6.21. The Morgan fingerprint density at radius 2 is 2.24 bits per heavy atom. The van der Waals surface area contributed by atoms with E-state index in [1.54, 1.807) is 6.07 Å². The van der Waals surface area contributed by atoms with Gasteiger partial charge in [-0.1, -0.05) is 19.8 Å². The molecule has 0 aliphatic heterocycles. The molecule has 1 heterocycles. The maximum atomic E-state index is 11.9. The van der Waals surface area contributed by atoms with Gasteiger partial charge >= 0.3 is 0 Å². The van der Waals surface area contributed by atoms with E-state index in [4.69, 9.17) is 16.0 Å². The summed E-state index contributed by atoms with van der Waals surface area (Å²) >= 11 is 6.20. The Labute approximate surface area is 107 Å². The number of carbonyl (C=O) groups is 1. The Morgan fingerprint density at radius 3 is 2.88 bits per heavy atom. The molecule has 1 fully saturated rings. The third kappa shape index (κ3) is 3.03. The number of nitrogens with one attached hydrogen (secondary N) is 1. The van der Waals surface area contributed by atoms with Gasteiger partial charge in [-0.25, -0.2) is 0 Å². The number of alkyl halides is 1. The smallest absolute Gasteiger partial charge is 0.287 e. The first-order chi connectivity index (χ1) is 8.20. The molecule has 0 aromatic carbocycles. The van der Waals surface area contributed by atoms with Gasteiger partial charge < -0.3 is 9.73 Å². The topological polar surface area (TPSA) is 42.2 Å². The molecule has 2 rings (SSSR count). The van der Waals surface area contributed by atoms with Crippen molar-refractivity contribution in [3.05, 3.63) is 23.7 Å². The summed E-state index contributed by atoms with van der Waals surface area (Å²) in [7, 11) is 0. The molecule has 1 aliphatic rings. The summed E-state index contributed by atoms with van der Waals surface area (Å²) in [5.41, 5.74) is 0. The predicted molar refractivity (Wildman–Crippen MR) is 67.4 cm³/mol. The summed E-state index contributed by atoms with van der Waals surface area (Å²) in [4.78, 5) is 11.9. The Kier molecular flexibility index (Phi) is 4.11. The van der Waals surface area contributed by atoms with Crippen molar-refractivity contribution in [3.63, 3.8) is 0 Å². The van der Waals surface area contributed by atoms with Crippen LogP contribution in [0.1, 0.15) is 48.9 Å². The quantitative estimate of drug-likeness (QED) is 0.844. The molecule has 1 aliphatic carbocycles. The second-order valence-corrected chi connectivity index (χ2v) is 5.06. The van der Waals surface area contributed by atoms with Crippen molar-refractivity contribution in [2.75, 3.05) is 0 Å². The van der Waals surface area contributed by atoms with Crippen molar-refractivity contribution in [2.24, 2.45) is 0 Å². The number of furan rings is 1. The van der Waals surface area contributed by atoms with Gasteiger partial charge in [-0.15, -0.1) is 11.6 Å². The van der Waals surface area contributed by atoms with Gasteiger partial charge in [0.15, 0.2) is 5.76 Å². The zero-order valence-corrected chi connectivity index (χ0v) is 10.8. The lowest BCUT2D eigenvalue weighted by molar-refractivity contribution is 0.0899. The Hall–Kier alpha value is -0.960. The molecule has 1 aromatic rings. The Morgan fingerprint density at radius 1 is 1.47 bits per heavy atom. The Bertz CT molecular complexity index is 389. The summed E-state index contributed by atoms with van der Waals surface area (Å²) in [6.07, 6.45) is 5.02. The van der Waals surface area contributed by atoms with Crippen molar-refractivity contribution in [3.8, 4) is 0 Å². The van der Waals surface area contributed by atoms with E-state index in [-0.39, 0.29) is 17.3 Å². The van der Waals surface area contributed by atoms with Crippen molar-refractivity contribution in [1.82, 2.24) is 5.32 Å². The number of halogens is 1. The van der Waals surface area contributed by atoms with Gasteiger partial charge in [0.05, 0.1) is 5.38 Å². The highest BCUT2D eigenvalue weighted by Gasteiger charge is 2.25. The van der Waals surface area contributed by atoms with E-state index in [1.807, 2.05) is 13.0 Å². The lowest BCUT2D eigenvalue weighted by atomic mass is 9.95. The highest BCUT2D eigenvalue weighted by atomic mass is 35.5. The molecule has 94 valence electrons. The maximum Gasteiger partial charge on any atom is 0.287 e. The van der Waals surface area contributed by atoms with Crippen molar-refractivity contribution in [1.29, 1.82) is 0 Å². The monoisotopic (exact) mass is 255 g/mol.